The summed E-state index contributed by atoms with van der Waals surface area (Å²) in [6, 6.07) is 4.58. The summed E-state index contributed by atoms with van der Waals surface area (Å²) >= 11 is 0. The summed E-state index contributed by atoms with van der Waals surface area (Å²) in [6.45, 7) is 4.02. The number of aliphatic hydroxyl groups is 1. The average molecular weight is 260 g/mol. The third kappa shape index (κ3) is 3.73. The summed E-state index contributed by atoms with van der Waals surface area (Å²) in [5.74, 6) is 0. The summed E-state index contributed by atoms with van der Waals surface area (Å²) in [5, 5.41) is 9.25. The highest BCUT2D eigenvalue weighted by Gasteiger charge is 2.39. The van der Waals surface area contributed by atoms with Crippen molar-refractivity contribution < 1.29 is 18.3 Å². The van der Waals surface area contributed by atoms with Crippen LogP contribution in [-0.4, -0.2) is 11.3 Å². The standard InChI is InChI=1S/C14H19F3O/c1-3-5-10-7-8-12(9-11(10)6-4-2)13(18)14(15,16)17/h7-9,13,18H,3-6H2,1-2H3. The van der Waals surface area contributed by atoms with Gasteiger partial charge in [-0.25, -0.2) is 0 Å². The quantitative estimate of drug-likeness (QED) is 0.841. The maximum absolute atomic E-state index is 12.5. The molecule has 0 bridgehead atoms. The van der Waals surface area contributed by atoms with Crippen molar-refractivity contribution in [3.63, 3.8) is 0 Å². The molecule has 1 unspecified atom stereocenters. The lowest BCUT2D eigenvalue weighted by atomic mass is 9.95. The van der Waals surface area contributed by atoms with Crippen molar-refractivity contribution >= 4 is 0 Å². The number of aliphatic hydroxyl groups excluding tert-OH is 1. The molecule has 0 fully saturated rings. The average Bonchev–Trinajstić information content (AvgIpc) is 2.30. The van der Waals surface area contributed by atoms with E-state index in [4.69, 9.17) is 0 Å². The van der Waals surface area contributed by atoms with E-state index in [1.165, 1.54) is 12.1 Å². The summed E-state index contributed by atoms with van der Waals surface area (Å²) in [5.41, 5.74) is 1.93. The molecule has 102 valence electrons. The van der Waals surface area contributed by atoms with Gasteiger partial charge in [-0.15, -0.1) is 0 Å². The molecule has 0 aliphatic heterocycles. The number of hydrogen-bond acceptors (Lipinski definition) is 1. The predicted octanol–water partition coefficient (Wildman–Crippen LogP) is 4.19. The molecule has 0 saturated carbocycles. The molecule has 0 saturated heterocycles. The van der Waals surface area contributed by atoms with Crippen LogP contribution >= 0.6 is 0 Å². The third-order valence-corrected chi connectivity index (χ3v) is 2.89. The Hall–Kier alpha value is -1.03. The zero-order valence-electron chi connectivity index (χ0n) is 10.7. The Morgan fingerprint density at radius 3 is 2.11 bits per heavy atom. The minimum atomic E-state index is -4.60. The molecule has 18 heavy (non-hydrogen) atoms. The molecule has 4 heteroatoms. The molecule has 1 aromatic rings. The lowest BCUT2D eigenvalue weighted by Crippen LogP contribution is -2.20. The van der Waals surface area contributed by atoms with Gasteiger partial charge in [0.15, 0.2) is 6.10 Å². The molecule has 1 atom stereocenters. The molecule has 1 N–H and O–H groups in total. The van der Waals surface area contributed by atoms with Crippen molar-refractivity contribution in [2.75, 3.05) is 0 Å². The van der Waals surface area contributed by atoms with E-state index in [1.807, 2.05) is 13.8 Å². The second kappa shape index (κ2) is 6.23. The fraction of sp³-hybridized carbons (Fsp3) is 0.571. The highest BCUT2D eigenvalue weighted by atomic mass is 19.4. The van der Waals surface area contributed by atoms with Crippen LogP contribution < -0.4 is 0 Å². The predicted molar refractivity (Wildman–Crippen MR) is 65.4 cm³/mol. The van der Waals surface area contributed by atoms with Crippen LogP contribution in [0.1, 0.15) is 49.5 Å². The van der Waals surface area contributed by atoms with Crippen LogP contribution in [0.2, 0.25) is 0 Å². The van der Waals surface area contributed by atoms with Gasteiger partial charge in [-0.3, -0.25) is 0 Å². The third-order valence-electron chi connectivity index (χ3n) is 2.89. The number of alkyl halides is 3. The Balaban J connectivity index is 3.06. The first kappa shape index (κ1) is 15.0. The summed E-state index contributed by atoms with van der Waals surface area (Å²) in [6.07, 6.45) is -3.55. The van der Waals surface area contributed by atoms with Crippen LogP contribution in [0.5, 0.6) is 0 Å². The van der Waals surface area contributed by atoms with E-state index in [1.54, 1.807) is 6.07 Å². The first-order valence-electron chi connectivity index (χ1n) is 6.26. The maximum atomic E-state index is 12.5. The smallest absolute Gasteiger partial charge is 0.379 e. The normalized spacial score (nSPS) is 13.7. The van der Waals surface area contributed by atoms with Gasteiger partial charge in [0.05, 0.1) is 0 Å². The van der Waals surface area contributed by atoms with Crippen LogP contribution in [0.3, 0.4) is 0 Å². The monoisotopic (exact) mass is 260 g/mol. The van der Waals surface area contributed by atoms with Crippen molar-refractivity contribution in [3.8, 4) is 0 Å². The van der Waals surface area contributed by atoms with Crippen molar-refractivity contribution in [2.24, 2.45) is 0 Å². The molecule has 1 rings (SSSR count). The number of rotatable bonds is 5. The van der Waals surface area contributed by atoms with Crippen molar-refractivity contribution in [3.05, 3.63) is 34.9 Å². The SMILES string of the molecule is CCCc1ccc(C(O)C(F)(F)F)cc1CCC. The molecule has 0 radical (unpaired) electrons. The van der Waals surface area contributed by atoms with Gasteiger partial charge in [0.2, 0.25) is 0 Å². The fourth-order valence-corrected chi connectivity index (χ4v) is 2.02. The number of aryl methyl sites for hydroxylation is 2. The largest absolute Gasteiger partial charge is 0.418 e. The van der Waals surface area contributed by atoms with Gasteiger partial charge in [0, 0.05) is 0 Å². The van der Waals surface area contributed by atoms with Crippen molar-refractivity contribution in [2.45, 2.75) is 51.8 Å². The van der Waals surface area contributed by atoms with Crippen molar-refractivity contribution in [1.82, 2.24) is 0 Å². The zero-order valence-corrected chi connectivity index (χ0v) is 10.7. The van der Waals surface area contributed by atoms with Gasteiger partial charge in [-0.05, 0) is 29.5 Å². The lowest BCUT2D eigenvalue weighted by Gasteiger charge is -2.17. The van der Waals surface area contributed by atoms with Crippen LogP contribution in [0.15, 0.2) is 18.2 Å². The minimum absolute atomic E-state index is 0.0641. The van der Waals surface area contributed by atoms with E-state index in [0.29, 0.717) is 0 Å². The lowest BCUT2D eigenvalue weighted by molar-refractivity contribution is -0.206. The molecule has 0 spiro atoms. The topological polar surface area (TPSA) is 20.2 Å². The number of halogens is 3. The molecule has 1 nitrogen and oxygen atoms in total. The molecule has 0 aromatic heterocycles. The van der Waals surface area contributed by atoms with Gasteiger partial charge in [-0.2, -0.15) is 13.2 Å². The van der Waals surface area contributed by atoms with Gasteiger partial charge < -0.3 is 5.11 Å². The highest BCUT2D eigenvalue weighted by Crippen LogP contribution is 2.33. The Morgan fingerprint density at radius 1 is 1.06 bits per heavy atom. The maximum Gasteiger partial charge on any atom is 0.418 e. The van der Waals surface area contributed by atoms with Crippen LogP contribution in [0, 0.1) is 0 Å². The van der Waals surface area contributed by atoms with Gasteiger partial charge in [0.1, 0.15) is 0 Å². The molecular formula is C14H19F3O. The molecule has 1 aromatic carbocycles. The first-order valence-corrected chi connectivity index (χ1v) is 6.26. The number of hydrogen-bond donors (Lipinski definition) is 1. The van der Waals surface area contributed by atoms with Crippen molar-refractivity contribution in [1.29, 1.82) is 0 Å². The Kier molecular flexibility index (Phi) is 5.20. The second-order valence-corrected chi connectivity index (χ2v) is 4.47. The highest BCUT2D eigenvalue weighted by molar-refractivity contribution is 5.34. The van der Waals surface area contributed by atoms with E-state index < -0.39 is 12.3 Å². The molecule has 0 aliphatic rings. The second-order valence-electron chi connectivity index (χ2n) is 4.47. The number of benzene rings is 1. The van der Waals surface area contributed by atoms with Gasteiger partial charge >= 0.3 is 6.18 Å². The Labute approximate surface area is 106 Å². The molecule has 0 aliphatic carbocycles. The van der Waals surface area contributed by atoms with Gasteiger partial charge in [-0.1, -0.05) is 44.9 Å². The molecule has 0 heterocycles. The van der Waals surface area contributed by atoms with Crippen LogP contribution in [0.4, 0.5) is 13.2 Å². The summed E-state index contributed by atoms with van der Waals surface area (Å²) in [4.78, 5) is 0. The Morgan fingerprint density at radius 2 is 1.61 bits per heavy atom. The van der Waals surface area contributed by atoms with E-state index >= 15 is 0 Å². The van der Waals surface area contributed by atoms with E-state index in [-0.39, 0.29) is 5.56 Å². The van der Waals surface area contributed by atoms with E-state index in [0.717, 1.165) is 36.8 Å². The Bertz CT molecular complexity index is 385. The molecular weight excluding hydrogens is 241 g/mol. The van der Waals surface area contributed by atoms with Gasteiger partial charge in [0.25, 0.3) is 0 Å². The summed E-state index contributed by atoms with van der Waals surface area (Å²) in [7, 11) is 0. The summed E-state index contributed by atoms with van der Waals surface area (Å²) < 4.78 is 37.4. The van der Waals surface area contributed by atoms with Crippen LogP contribution in [0.25, 0.3) is 0 Å². The van der Waals surface area contributed by atoms with E-state index in [2.05, 4.69) is 0 Å². The zero-order chi connectivity index (χ0) is 13.8. The fourth-order valence-electron chi connectivity index (χ4n) is 2.02. The first-order chi connectivity index (χ1) is 8.40. The van der Waals surface area contributed by atoms with E-state index in [9.17, 15) is 18.3 Å². The molecule has 0 amide bonds. The minimum Gasteiger partial charge on any atom is -0.379 e. The van der Waals surface area contributed by atoms with Crippen LogP contribution in [-0.2, 0) is 12.8 Å².